The second kappa shape index (κ2) is 1.96. The summed E-state index contributed by atoms with van der Waals surface area (Å²) in [5.41, 5.74) is 5.81. The number of nitrogens with two attached hydrogens (primary N) is 1. The largest absolute Gasteiger partial charge is 0.380 e. The molecule has 1 aromatic rings. The molecule has 60 valence electrons. The van der Waals surface area contributed by atoms with Crippen LogP contribution >= 0.6 is 0 Å². The van der Waals surface area contributed by atoms with E-state index < -0.39 is 0 Å². The molecule has 1 fully saturated rings. The Morgan fingerprint density at radius 3 is 2.73 bits per heavy atom. The van der Waals surface area contributed by atoms with Crippen LogP contribution in [0.15, 0.2) is 0 Å². The monoisotopic (exact) mass is 155 g/mol. The Morgan fingerprint density at radius 2 is 2.36 bits per heavy atom. The topological polar surface area (TPSA) is 54.7 Å². The zero-order valence-corrected chi connectivity index (χ0v) is 6.26. The van der Waals surface area contributed by atoms with E-state index in [1.165, 1.54) is 0 Å². The Labute approximate surface area is 63.8 Å². The van der Waals surface area contributed by atoms with Gasteiger partial charge in [0.05, 0.1) is 5.69 Å². The van der Waals surface area contributed by atoms with E-state index in [2.05, 4.69) is 17.1 Å². The fraction of sp³-hybridized carbons (Fsp3) is 0.571. The summed E-state index contributed by atoms with van der Waals surface area (Å²) < 4.78 is 13.0. The SMILES string of the molecule is CC1CC1c1[nH]nc(N)c1F. The van der Waals surface area contributed by atoms with Crippen LogP contribution in [0, 0.1) is 11.7 Å². The molecule has 0 radical (unpaired) electrons. The lowest BCUT2D eigenvalue weighted by atomic mass is 10.2. The first-order chi connectivity index (χ1) is 5.20. The van der Waals surface area contributed by atoms with Gasteiger partial charge >= 0.3 is 0 Å². The molecule has 2 atom stereocenters. The summed E-state index contributed by atoms with van der Waals surface area (Å²) in [6.45, 7) is 2.08. The zero-order valence-electron chi connectivity index (χ0n) is 6.26. The molecule has 2 rings (SSSR count). The molecule has 1 heterocycles. The van der Waals surface area contributed by atoms with Gasteiger partial charge in [0.25, 0.3) is 0 Å². The Balaban J connectivity index is 2.31. The predicted molar refractivity (Wildman–Crippen MR) is 39.5 cm³/mol. The molecule has 2 unspecified atom stereocenters. The quantitative estimate of drug-likeness (QED) is 0.641. The van der Waals surface area contributed by atoms with Crippen molar-refractivity contribution in [1.82, 2.24) is 10.2 Å². The Morgan fingerprint density at radius 1 is 1.73 bits per heavy atom. The van der Waals surface area contributed by atoms with Crippen molar-refractivity contribution in [3.05, 3.63) is 11.5 Å². The number of nitrogens with one attached hydrogen (secondary N) is 1. The zero-order chi connectivity index (χ0) is 8.01. The van der Waals surface area contributed by atoms with Crippen molar-refractivity contribution in [3.8, 4) is 0 Å². The van der Waals surface area contributed by atoms with E-state index in [0.717, 1.165) is 6.42 Å². The van der Waals surface area contributed by atoms with Crippen molar-refractivity contribution in [2.24, 2.45) is 5.92 Å². The fourth-order valence-electron chi connectivity index (χ4n) is 1.33. The third-order valence-corrected chi connectivity index (χ3v) is 2.24. The number of aromatic nitrogens is 2. The van der Waals surface area contributed by atoms with Crippen molar-refractivity contribution < 1.29 is 4.39 Å². The summed E-state index contributed by atoms with van der Waals surface area (Å²) in [4.78, 5) is 0. The van der Waals surface area contributed by atoms with Crippen LogP contribution in [0.2, 0.25) is 0 Å². The first kappa shape index (κ1) is 6.64. The van der Waals surface area contributed by atoms with Crippen molar-refractivity contribution in [2.45, 2.75) is 19.3 Å². The van der Waals surface area contributed by atoms with E-state index in [-0.39, 0.29) is 11.6 Å². The molecule has 3 nitrogen and oxygen atoms in total. The van der Waals surface area contributed by atoms with Crippen LogP contribution in [0.3, 0.4) is 0 Å². The molecular weight excluding hydrogens is 145 g/mol. The molecule has 1 aliphatic rings. The number of anilines is 1. The van der Waals surface area contributed by atoms with Crippen molar-refractivity contribution in [2.75, 3.05) is 5.73 Å². The minimum atomic E-state index is -0.362. The number of nitrogen functional groups attached to an aromatic ring is 1. The summed E-state index contributed by atoms with van der Waals surface area (Å²) in [5.74, 6) is 0.516. The van der Waals surface area contributed by atoms with E-state index in [1.807, 2.05) is 0 Å². The molecule has 1 aliphatic carbocycles. The molecule has 0 bridgehead atoms. The molecule has 1 aromatic heterocycles. The normalized spacial score (nSPS) is 28.9. The lowest BCUT2D eigenvalue weighted by molar-refractivity contribution is 0.611. The third-order valence-electron chi connectivity index (χ3n) is 2.24. The van der Waals surface area contributed by atoms with Crippen LogP contribution in [0.4, 0.5) is 10.2 Å². The molecule has 0 aliphatic heterocycles. The Hall–Kier alpha value is -1.06. The maximum Gasteiger partial charge on any atom is 0.188 e. The van der Waals surface area contributed by atoms with Gasteiger partial charge in [-0.2, -0.15) is 5.10 Å². The standard InChI is InChI=1S/C7H10FN3/c1-3-2-4(3)6-5(8)7(9)11-10-6/h3-4H,2H2,1H3,(H3,9,10,11). The Kier molecular flexibility index (Phi) is 1.19. The Bertz CT molecular complexity index is 281. The summed E-state index contributed by atoms with van der Waals surface area (Å²) in [5, 5.41) is 6.21. The van der Waals surface area contributed by atoms with Gasteiger partial charge in [-0.3, -0.25) is 5.10 Å². The average molecular weight is 155 g/mol. The van der Waals surface area contributed by atoms with Crippen molar-refractivity contribution >= 4 is 5.82 Å². The maximum absolute atomic E-state index is 13.0. The van der Waals surface area contributed by atoms with E-state index in [1.54, 1.807) is 0 Å². The number of hydrogen-bond donors (Lipinski definition) is 2. The van der Waals surface area contributed by atoms with Gasteiger partial charge in [-0.05, 0) is 12.3 Å². The first-order valence-corrected chi connectivity index (χ1v) is 3.69. The van der Waals surface area contributed by atoms with Crippen LogP contribution in [0.25, 0.3) is 0 Å². The van der Waals surface area contributed by atoms with E-state index in [9.17, 15) is 4.39 Å². The predicted octanol–water partition coefficient (Wildman–Crippen LogP) is 1.25. The van der Waals surface area contributed by atoms with E-state index >= 15 is 0 Å². The van der Waals surface area contributed by atoms with Gasteiger partial charge in [0.2, 0.25) is 0 Å². The molecular formula is C7H10FN3. The lowest BCUT2D eigenvalue weighted by Gasteiger charge is -1.90. The van der Waals surface area contributed by atoms with Gasteiger partial charge in [0.1, 0.15) is 0 Å². The maximum atomic E-state index is 13.0. The summed E-state index contributed by atoms with van der Waals surface area (Å²) in [6.07, 6.45) is 1.04. The highest BCUT2D eigenvalue weighted by molar-refractivity contribution is 5.35. The van der Waals surface area contributed by atoms with Gasteiger partial charge in [0.15, 0.2) is 11.6 Å². The van der Waals surface area contributed by atoms with Crippen molar-refractivity contribution in [3.63, 3.8) is 0 Å². The average Bonchev–Trinajstić information content (AvgIpc) is 2.58. The van der Waals surface area contributed by atoms with Crippen LogP contribution < -0.4 is 5.73 Å². The summed E-state index contributed by atoms with van der Waals surface area (Å²) in [7, 11) is 0. The molecule has 11 heavy (non-hydrogen) atoms. The van der Waals surface area contributed by atoms with E-state index in [4.69, 9.17) is 5.73 Å². The molecule has 0 saturated heterocycles. The van der Waals surface area contributed by atoms with Crippen LogP contribution in [-0.2, 0) is 0 Å². The second-order valence-electron chi connectivity index (χ2n) is 3.16. The second-order valence-corrected chi connectivity index (χ2v) is 3.16. The first-order valence-electron chi connectivity index (χ1n) is 3.69. The van der Waals surface area contributed by atoms with Crippen molar-refractivity contribution in [1.29, 1.82) is 0 Å². The minimum Gasteiger partial charge on any atom is -0.380 e. The van der Waals surface area contributed by atoms with Crippen LogP contribution in [0.5, 0.6) is 0 Å². The number of nitrogens with zero attached hydrogens (tertiary/aromatic N) is 1. The fourth-order valence-corrected chi connectivity index (χ4v) is 1.33. The van der Waals surface area contributed by atoms with Gasteiger partial charge in [-0.1, -0.05) is 6.92 Å². The summed E-state index contributed by atoms with van der Waals surface area (Å²) >= 11 is 0. The van der Waals surface area contributed by atoms with Gasteiger partial charge in [-0.15, -0.1) is 0 Å². The highest BCUT2D eigenvalue weighted by atomic mass is 19.1. The minimum absolute atomic E-state index is 0.0147. The molecule has 1 saturated carbocycles. The highest BCUT2D eigenvalue weighted by Crippen LogP contribution is 2.47. The molecule has 0 amide bonds. The smallest absolute Gasteiger partial charge is 0.188 e. The highest BCUT2D eigenvalue weighted by Gasteiger charge is 2.38. The number of aromatic amines is 1. The van der Waals surface area contributed by atoms with Gasteiger partial charge < -0.3 is 5.73 Å². The van der Waals surface area contributed by atoms with Gasteiger partial charge in [-0.25, -0.2) is 4.39 Å². The molecule has 3 N–H and O–H groups in total. The van der Waals surface area contributed by atoms with E-state index in [0.29, 0.717) is 17.5 Å². The van der Waals surface area contributed by atoms with Gasteiger partial charge in [0, 0.05) is 5.92 Å². The van der Waals surface area contributed by atoms with Crippen LogP contribution in [0.1, 0.15) is 25.0 Å². The number of hydrogen-bond acceptors (Lipinski definition) is 2. The number of halogens is 1. The lowest BCUT2D eigenvalue weighted by Crippen LogP contribution is -1.89. The number of rotatable bonds is 1. The van der Waals surface area contributed by atoms with Crippen LogP contribution in [-0.4, -0.2) is 10.2 Å². The number of H-pyrrole nitrogens is 1. The molecule has 0 aromatic carbocycles. The third kappa shape index (κ3) is 0.895. The molecule has 4 heteroatoms. The summed E-state index contributed by atoms with van der Waals surface area (Å²) in [6, 6.07) is 0. The molecule has 0 spiro atoms.